The summed E-state index contributed by atoms with van der Waals surface area (Å²) in [5.74, 6) is 0.433. The SMILES string of the molecule is [CH2]Oc1ccc(S(=O)(=O)O)cc1. The van der Waals surface area contributed by atoms with E-state index in [2.05, 4.69) is 11.8 Å². The average Bonchev–Trinajstić information content (AvgIpc) is 2.03. The number of benzene rings is 1. The van der Waals surface area contributed by atoms with Crippen LogP contribution in [0.15, 0.2) is 29.2 Å². The van der Waals surface area contributed by atoms with E-state index in [0.717, 1.165) is 0 Å². The van der Waals surface area contributed by atoms with E-state index in [1.165, 1.54) is 24.3 Å². The molecule has 1 aromatic rings. The van der Waals surface area contributed by atoms with Crippen LogP contribution in [0.3, 0.4) is 0 Å². The molecular formula is C7H7O4S. The minimum absolute atomic E-state index is 0.164. The molecule has 1 radical (unpaired) electrons. The van der Waals surface area contributed by atoms with Crippen molar-refractivity contribution >= 4 is 10.1 Å². The topological polar surface area (TPSA) is 63.6 Å². The lowest BCUT2D eigenvalue weighted by Gasteiger charge is -1.99. The summed E-state index contributed by atoms with van der Waals surface area (Å²) in [6.07, 6.45) is 0. The lowest BCUT2D eigenvalue weighted by atomic mass is 10.3. The molecule has 4 nitrogen and oxygen atoms in total. The van der Waals surface area contributed by atoms with Crippen molar-refractivity contribution < 1.29 is 17.7 Å². The maximum Gasteiger partial charge on any atom is 0.294 e. The zero-order chi connectivity index (χ0) is 9.19. The van der Waals surface area contributed by atoms with E-state index >= 15 is 0 Å². The predicted octanol–water partition coefficient (Wildman–Crippen LogP) is 1.10. The Hall–Kier alpha value is -1.07. The maximum absolute atomic E-state index is 10.5. The molecule has 12 heavy (non-hydrogen) atoms. The van der Waals surface area contributed by atoms with Crippen LogP contribution in [-0.4, -0.2) is 13.0 Å². The van der Waals surface area contributed by atoms with E-state index in [0.29, 0.717) is 5.75 Å². The second kappa shape index (κ2) is 3.12. The molecule has 0 amide bonds. The lowest BCUT2D eigenvalue weighted by Crippen LogP contribution is -1.97. The monoisotopic (exact) mass is 187 g/mol. The number of rotatable bonds is 2. The van der Waals surface area contributed by atoms with Gasteiger partial charge in [0.1, 0.15) is 12.9 Å². The molecule has 0 aliphatic carbocycles. The van der Waals surface area contributed by atoms with Gasteiger partial charge in [-0.25, -0.2) is 0 Å². The molecule has 1 aromatic carbocycles. The molecule has 0 unspecified atom stereocenters. The van der Waals surface area contributed by atoms with Gasteiger partial charge in [0.25, 0.3) is 10.1 Å². The van der Waals surface area contributed by atoms with Crippen molar-refractivity contribution in [2.45, 2.75) is 4.90 Å². The van der Waals surface area contributed by atoms with E-state index in [1.54, 1.807) is 0 Å². The van der Waals surface area contributed by atoms with Crippen LogP contribution in [0.2, 0.25) is 0 Å². The third-order valence-corrected chi connectivity index (χ3v) is 2.16. The molecule has 0 aliphatic heterocycles. The zero-order valence-corrected chi connectivity index (χ0v) is 6.91. The second-order valence-electron chi connectivity index (χ2n) is 2.09. The van der Waals surface area contributed by atoms with Crippen LogP contribution in [0, 0.1) is 7.11 Å². The fraction of sp³-hybridized carbons (Fsp3) is 0. The van der Waals surface area contributed by atoms with Crippen molar-refractivity contribution in [2.75, 3.05) is 0 Å². The Kier molecular flexibility index (Phi) is 2.35. The van der Waals surface area contributed by atoms with Crippen molar-refractivity contribution in [3.05, 3.63) is 31.4 Å². The summed E-state index contributed by atoms with van der Waals surface area (Å²) in [6, 6.07) is 5.26. The van der Waals surface area contributed by atoms with Gasteiger partial charge in [-0.15, -0.1) is 0 Å². The van der Waals surface area contributed by atoms with Gasteiger partial charge >= 0.3 is 0 Å². The first-order chi connectivity index (χ1) is 5.54. The highest BCUT2D eigenvalue weighted by molar-refractivity contribution is 7.85. The van der Waals surface area contributed by atoms with Gasteiger partial charge in [0.05, 0.1) is 4.90 Å². The first kappa shape index (κ1) is 9.02. The third kappa shape index (κ3) is 1.96. The van der Waals surface area contributed by atoms with E-state index in [9.17, 15) is 8.42 Å². The fourth-order valence-corrected chi connectivity index (χ4v) is 1.19. The van der Waals surface area contributed by atoms with E-state index in [-0.39, 0.29) is 4.90 Å². The highest BCUT2D eigenvalue weighted by Gasteiger charge is 2.07. The summed E-state index contributed by atoms with van der Waals surface area (Å²) < 4.78 is 34.2. The van der Waals surface area contributed by atoms with Crippen LogP contribution >= 0.6 is 0 Å². The molecule has 0 saturated heterocycles. The van der Waals surface area contributed by atoms with Gasteiger partial charge in [0, 0.05) is 0 Å². The van der Waals surface area contributed by atoms with Crippen LogP contribution in [0.25, 0.3) is 0 Å². The molecule has 0 spiro atoms. The van der Waals surface area contributed by atoms with Gasteiger partial charge in [-0.1, -0.05) is 0 Å². The van der Waals surface area contributed by atoms with Gasteiger partial charge in [-0.2, -0.15) is 8.42 Å². The van der Waals surface area contributed by atoms with Crippen molar-refractivity contribution in [3.8, 4) is 5.75 Å². The minimum atomic E-state index is -4.10. The fourth-order valence-electron chi connectivity index (χ4n) is 0.708. The molecule has 0 heterocycles. The maximum atomic E-state index is 10.5. The van der Waals surface area contributed by atoms with Crippen LogP contribution in [-0.2, 0) is 10.1 Å². The first-order valence-corrected chi connectivity index (χ1v) is 4.47. The molecule has 1 N–H and O–H groups in total. The summed E-state index contributed by atoms with van der Waals surface area (Å²) in [7, 11) is -0.968. The summed E-state index contributed by atoms with van der Waals surface area (Å²) >= 11 is 0. The summed E-state index contributed by atoms with van der Waals surface area (Å²) in [5.41, 5.74) is 0. The lowest BCUT2D eigenvalue weighted by molar-refractivity contribution is 0.470. The third-order valence-electron chi connectivity index (χ3n) is 1.29. The Morgan fingerprint density at radius 3 is 2.08 bits per heavy atom. The molecule has 0 bridgehead atoms. The van der Waals surface area contributed by atoms with Crippen molar-refractivity contribution in [1.29, 1.82) is 0 Å². The smallest absolute Gasteiger partial charge is 0.294 e. The van der Waals surface area contributed by atoms with Gasteiger partial charge < -0.3 is 4.74 Å². The molecule has 0 fully saturated rings. The Balaban J connectivity index is 3.09. The van der Waals surface area contributed by atoms with Gasteiger partial charge in [0.2, 0.25) is 0 Å². The molecule has 5 heteroatoms. The Labute approximate surface area is 70.5 Å². The second-order valence-corrected chi connectivity index (χ2v) is 3.51. The predicted molar refractivity (Wildman–Crippen MR) is 42.2 cm³/mol. The number of hydrogen-bond acceptors (Lipinski definition) is 3. The van der Waals surface area contributed by atoms with Crippen LogP contribution in [0.4, 0.5) is 0 Å². The molecule has 0 atom stereocenters. The number of hydrogen-bond donors (Lipinski definition) is 1. The summed E-state index contributed by atoms with van der Waals surface area (Å²) in [4.78, 5) is -0.164. The molecule has 65 valence electrons. The highest BCUT2D eigenvalue weighted by atomic mass is 32.2. The Morgan fingerprint density at radius 1 is 1.25 bits per heavy atom. The van der Waals surface area contributed by atoms with Crippen LogP contribution < -0.4 is 4.74 Å². The average molecular weight is 187 g/mol. The van der Waals surface area contributed by atoms with Gasteiger partial charge in [-0.05, 0) is 24.3 Å². The Morgan fingerprint density at radius 2 is 1.75 bits per heavy atom. The molecular weight excluding hydrogens is 180 g/mol. The van der Waals surface area contributed by atoms with Gasteiger partial charge in [-0.3, -0.25) is 4.55 Å². The standard InChI is InChI=1S/C7H7O4S/c1-11-6-2-4-7(5-3-6)12(8,9)10/h2-5H,1H2,(H,8,9,10). The van der Waals surface area contributed by atoms with E-state index in [4.69, 9.17) is 4.55 Å². The Bertz CT molecular complexity index is 351. The normalized spacial score (nSPS) is 11.2. The van der Waals surface area contributed by atoms with Crippen molar-refractivity contribution in [1.82, 2.24) is 0 Å². The van der Waals surface area contributed by atoms with Gasteiger partial charge in [0.15, 0.2) is 0 Å². The number of ether oxygens (including phenoxy) is 1. The molecule has 0 aliphatic rings. The van der Waals surface area contributed by atoms with Crippen LogP contribution in [0.5, 0.6) is 5.75 Å². The molecule has 0 aromatic heterocycles. The molecule has 1 rings (SSSR count). The molecule has 0 saturated carbocycles. The highest BCUT2D eigenvalue weighted by Crippen LogP contribution is 2.14. The van der Waals surface area contributed by atoms with Crippen molar-refractivity contribution in [3.63, 3.8) is 0 Å². The minimum Gasteiger partial charge on any atom is -0.490 e. The first-order valence-electron chi connectivity index (χ1n) is 3.03. The largest absolute Gasteiger partial charge is 0.490 e. The van der Waals surface area contributed by atoms with E-state index in [1.807, 2.05) is 0 Å². The summed E-state index contributed by atoms with van der Waals surface area (Å²) in [5, 5.41) is 0. The quantitative estimate of drug-likeness (QED) is 0.704. The zero-order valence-electron chi connectivity index (χ0n) is 6.10. The summed E-state index contributed by atoms with van der Waals surface area (Å²) in [6.45, 7) is 0. The van der Waals surface area contributed by atoms with Crippen molar-refractivity contribution in [2.24, 2.45) is 0 Å². The van der Waals surface area contributed by atoms with E-state index < -0.39 is 10.1 Å². The van der Waals surface area contributed by atoms with Crippen LogP contribution in [0.1, 0.15) is 0 Å².